The third-order valence-corrected chi connectivity index (χ3v) is 3.43. The molecular formula is C15H18ClN3. The van der Waals surface area contributed by atoms with Crippen molar-refractivity contribution in [3.63, 3.8) is 0 Å². The van der Waals surface area contributed by atoms with Crippen molar-refractivity contribution >= 4 is 23.1 Å². The Balaban J connectivity index is 2.25. The number of benzene rings is 1. The molecule has 0 radical (unpaired) electrons. The lowest BCUT2D eigenvalue weighted by atomic mass is 10.1. The fourth-order valence-corrected chi connectivity index (χ4v) is 2.32. The van der Waals surface area contributed by atoms with Crippen molar-refractivity contribution in [3.05, 3.63) is 52.2 Å². The Morgan fingerprint density at radius 2 is 1.95 bits per heavy atom. The van der Waals surface area contributed by atoms with E-state index in [0.717, 1.165) is 5.69 Å². The smallest absolute Gasteiger partial charge is 0.123 e. The Morgan fingerprint density at radius 3 is 2.63 bits per heavy atom. The minimum absolute atomic E-state index is 0.494. The van der Waals surface area contributed by atoms with Crippen molar-refractivity contribution in [1.29, 1.82) is 0 Å². The molecule has 0 spiro atoms. The minimum atomic E-state index is 0.494. The first-order chi connectivity index (χ1) is 8.97. The van der Waals surface area contributed by atoms with Gasteiger partial charge in [0.2, 0.25) is 0 Å². The zero-order valence-electron chi connectivity index (χ0n) is 11.4. The van der Waals surface area contributed by atoms with E-state index in [9.17, 15) is 0 Å². The minimum Gasteiger partial charge on any atom is -0.384 e. The first-order valence-electron chi connectivity index (χ1n) is 6.16. The molecule has 2 rings (SSSR count). The van der Waals surface area contributed by atoms with Crippen LogP contribution in [-0.2, 0) is 6.54 Å². The first-order valence-corrected chi connectivity index (χ1v) is 6.54. The van der Waals surface area contributed by atoms with Crippen molar-refractivity contribution in [2.75, 3.05) is 17.7 Å². The molecule has 2 N–H and O–H groups in total. The molecule has 0 aliphatic carbocycles. The van der Waals surface area contributed by atoms with E-state index in [-0.39, 0.29) is 0 Å². The largest absolute Gasteiger partial charge is 0.384 e. The summed E-state index contributed by atoms with van der Waals surface area (Å²) in [6.07, 6.45) is 0. The quantitative estimate of drug-likeness (QED) is 0.931. The lowest BCUT2D eigenvalue weighted by Crippen LogP contribution is -2.18. The third-order valence-electron chi connectivity index (χ3n) is 3.09. The Kier molecular flexibility index (Phi) is 3.96. The van der Waals surface area contributed by atoms with Crippen LogP contribution in [0.4, 0.5) is 11.5 Å². The van der Waals surface area contributed by atoms with E-state index in [2.05, 4.69) is 41.9 Å². The number of pyridine rings is 1. The summed E-state index contributed by atoms with van der Waals surface area (Å²) in [5, 5.41) is 0.644. The molecule has 0 unspecified atom stereocenters. The van der Waals surface area contributed by atoms with Crippen LogP contribution in [0.1, 0.15) is 16.8 Å². The summed E-state index contributed by atoms with van der Waals surface area (Å²) in [5.74, 6) is 0.494. The number of hydrogen-bond acceptors (Lipinski definition) is 3. The summed E-state index contributed by atoms with van der Waals surface area (Å²) < 4.78 is 0. The van der Waals surface area contributed by atoms with Crippen molar-refractivity contribution in [2.24, 2.45) is 0 Å². The number of aryl methyl sites for hydroxylation is 2. The number of hydrogen-bond donors (Lipinski definition) is 1. The highest BCUT2D eigenvalue weighted by Gasteiger charge is 2.09. The van der Waals surface area contributed by atoms with E-state index in [1.807, 2.05) is 7.05 Å². The molecule has 0 saturated carbocycles. The molecule has 0 bridgehead atoms. The summed E-state index contributed by atoms with van der Waals surface area (Å²) in [6, 6.07) is 9.89. The molecule has 1 aromatic carbocycles. The number of nitrogens with zero attached hydrogens (tertiary/aromatic N) is 2. The zero-order chi connectivity index (χ0) is 14.0. The van der Waals surface area contributed by atoms with Crippen LogP contribution in [0.3, 0.4) is 0 Å². The van der Waals surface area contributed by atoms with Crippen LogP contribution >= 0.6 is 11.6 Å². The second-order valence-electron chi connectivity index (χ2n) is 4.81. The molecule has 1 heterocycles. The number of nitrogen functional groups attached to an aromatic ring is 1. The van der Waals surface area contributed by atoms with Gasteiger partial charge in [-0.3, -0.25) is 0 Å². The summed E-state index contributed by atoms with van der Waals surface area (Å²) in [5.41, 5.74) is 10.2. The lowest BCUT2D eigenvalue weighted by molar-refractivity contribution is 0.883. The van der Waals surface area contributed by atoms with E-state index in [4.69, 9.17) is 17.3 Å². The molecule has 0 aliphatic rings. The van der Waals surface area contributed by atoms with Crippen molar-refractivity contribution in [3.8, 4) is 0 Å². The summed E-state index contributed by atoms with van der Waals surface area (Å²) in [4.78, 5) is 6.42. The molecular weight excluding hydrogens is 258 g/mol. The van der Waals surface area contributed by atoms with Gasteiger partial charge in [0.15, 0.2) is 0 Å². The molecule has 19 heavy (non-hydrogen) atoms. The average Bonchev–Trinajstić information content (AvgIpc) is 2.33. The average molecular weight is 276 g/mol. The van der Waals surface area contributed by atoms with Gasteiger partial charge in [-0.15, -0.1) is 0 Å². The molecule has 0 aliphatic heterocycles. The predicted octanol–water partition coefficient (Wildman–Crippen LogP) is 3.57. The standard InChI is InChI=1S/C15H18ClN3/c1-10-4-6-14(11(2)8-10)19(3)9-13-12(16)5-7-15(17)18-13/h4-8H,9H2,1-3H3,(H2,17,18). The molecule has 0 atom stereocenters. The monoisotopic (exact) mass is 275 g/mol. The Morgan fingerprint density at radius 1 is 1.21 bits per heavy atom. The lowest BCUT2D eigenvalue weighted by Gasteiger charge is -2.22. The van der Waals surface area contributed by atoms with Crippen LogP contribution < -0.4 is 10.6 Å². The van der Waals surface area contributed by atoms with Crippen LogP contribution in [0.25, 0.3) is 0 Å². The highest BCUT2D eigenvalue weighted by molar-refractivity contribution is 6.31. The topological polar surface area (TPSA) is 42.2 Å². The highest BCUT2D eigenvalue weighted by atomic mass is 35.5. The Labute approximate surface area is 119 Å². The van der Waals surface area contributed by atoms with Crippen molar-refractivity contribution < 1.29 is 0 Å². The maximum Gasteiger partial charge on any atom is 0.123 e. The predicted molar refractivity (Wildman–Crippen MR) is 81.7 cm³/mol. The van der Waals surface area contributed by atoms with E-state index in [0.29, 0.717) is 17.4 Å². The first kappa shape index (κ1) is 13.7. The van der Waals surface area contributed by atoms with Gasteiger partial charge in [-0.1, -0.05) is 29.3 Å². The Hall–Kier alpha value is -1.74. The molecule has 0 fully saturated rings. The van der Waals surface area contributed by atoms with Gasteiger partial charge < -0.3 is 10.6 Å². The van der Waals surface area contributed by atoms with Gasteiger partial charge in [0.25, 0.3) is 0 Å². The van der Waals surface area contributed by atoms with Crippen LogP contribution in [-0.4, -0.2) is 12.0 Å². The highest BCUT2D eigenvalue weighted by Crippen LogP contribution is 2.23. The zero-order valence-corrected chi connectivity index (χ0v) is 12.2. The van der Waals surface area contributed by atoms with Crippen molar-refractivity contribution in [1.82, 2.24) is 4.98 Å². The van der Waals surface area contributed by atoms with Crippen LogP contribution in [0.2, 0.25) is 5.02 Å². The number of aromatic nitrogens is 1. The molecule has 2 aromatic rings. The van der Waals surface area contributed by atoms with Gasteiger partial charge in [-0.05, 0) is 37.6 Å². The van der Waals surface area contributed by atoms with Gasteiger partial charge in [-0.2, -0.15) is 0 Å². The fraction of sp³-hybridized carbons (Fsp3) is 0.267. The molecule has 3 nitrogen and oxygen atoms in total. The second kappa shape index (κ2) is 5.49. The SMILES string of the molecule is Cc1ccc(N(C)Cc2nc(N)ccc2Cl)c(C)c1. The van der Waals surface area contributed by atoms with E-state index >= 15 is 0 Å². The van der Waals surface area contributed by atoms with Crippen LogP contribution in [0.15, 0.2) is 30.3 Å². The van der Waals surface area contributed by atoms with Crippen LogP contribution in [0, 0.1) is 13.8 Å². The van der Waals surface area contributed by atoms with E-state index < -0.39 is 0 Å². The fourth-order valence-electron chi connectivity index (χ4n) is 2.16. The van der Waals surface area contributed by atoms with Crippen molar-refractivity contribution in [2.45, 2.75) is 20.4 Å². The van der Waals surface area contributed by atoms with E-state index in [1.54, 1.807) is 12.1 Å². The molecule has 0 amide bonds. The summed E-state index contributed by atoms with van der Waals surface area (Å²) >= 11 is 6.15. The maximum absolute atomic E-state index is 6.15. The number of rotatable bonds is 3. The van der Waals surface area contributed by atoms with Gasteiger partial charge in [0.1, 0.15) is 5.82 Å². The molecule has 1 aromatic heterocycles. The second-order valence-corrected chi connectivity index (χ2v) is 5.22. The van der Waals surface area contributed by atoms with Gasteiger partial charge in [-0.25, -0.2) is 4.98 Å². The summed E-state index contributed by atoms with van der Waals surface area (Å²) in [6.45, 7) is 4.83. The normalized spacial score (nSPS) is 10.5. The van der Waals surface area contributed by atoms with Gasteiger partial charge >= 0.3 is 0 Å². The number of anilines is 2. The maximum atomic E-state index is 6.15. The van der Waals surface area contributed by atoms with Gasteiger partial charge in [0, 0.05) is 12.7 Å². The van der Waals surface area contributed by atoms with Gasteiger partial charge in [0.05, 0.1) is 17.3 Å². The van der Waals surface area contributed by atoms with E-state index in [1.165, 1.54) is 16.8 Å². The summed E-state index contributed by atoms with van der Waals surface area (Å²) in [7, 11) is 2.03. The number of nitrogens with two attached hydrogens (primary N) is 1. The number of halogens is 1. The Bertz CT molecular complexity index is 596. The molecule has 4 heteroatoms. The molecule has 100 valence electrons. The molecule has 0 saturated heterocycles. The third kappa shape index (κ3) is 3.18. The van der Waals surface area contributed by atoms with Crippen LogP contribution in [0.5, 0.6) is 0 Å².